The van der Waals surface area contributed by atoms with Gasteiger partial charge in [-0.1, -0.05) is 36.4 Å². The van der Waals surface area contributed by atoms with Gasteiger partial charge in [0.2, 0.25) is 0 Å². The van der Waals surface area contributed by atoms with E-state index in [2.05, 4.69) is 170 Å². The quantitative estimate of drug-likeness (QED) is 0.184. The standard InChI is InChI=1S/C14H14N2S.C13H10N2S.2C11H14N2S/c1-9-7-15-8-16-14(9)13-10(2)17-12-6-4-3-5-11(12)13;1-9-13(11-6-7-14-8-15-11)10-4-2-3-5-12(10)16-9;1-7-5-12-6-13-11(7)10-4-8(2)14-9(10)3;1-8-6-10(9(2)14-8)11-4-5-12-7-13(11)3/h3-8,14H,1-2H3,(H,15,16);2-8H,1H3;4-6,11H,1-3H3,(H,12,13);4-7,11H,1-3H3. The summed E-state index contributed by atoms with van der Waals surface area (Å²) >= 11 is 7.37. The maximum atomic E-state index is 4.57. The molecule has 3 aliphatic heterocycles. The number of likely N-dealkylation sites (N-methyl/N-ethyl adjacent to an activating group) is 1. The van der Waals surface area contributed by atoms with Crippen LogP contribution in [0.4, 0.5) is 0 Å². The van der Waals surface area contributed by atoms with E-state index in [1.807, 2.05) is 76.4 Å². The van der Waals surface area contributed by atoms with Crippen LogP contribution in [-0.2, 0) is 0 Å². The molecule has 3 aliphatic rings. The third-order valence-corrected chi connectivity index (χ3v) is 14.7. The monoisotopic (exact) mass is 880 g/mol. The summed E-state index contributed by atoms with van der Waals surface area (Å²) in [4.78, 5) is 31.7. The number of nitrogens with zero attached hydrogens (tertiary/aromatic N) is 6. The molecule has 12 heteroatoms. The largest absolute Gasteiger partial charge is 0.355 e. The highest BCUT2D eigenvalue weighted by Crippen LogP contribution is 2.40. The molecule has 2 N–H and O–H groups in total. The van der Waals surface area contributed by atoms with E-state index in [-0.39, 0.29) is 12.1 Å². The normalized spacial score (nSPS) is 17.6. The van der Waals surface area contributed by atoms with Crippen molar-refractivity contribution < 1.29 is 0 Å². The number of nitrogens with one attached hydrogen (secondary N) is 2. The highest BCUT2D eigenvalue weighted by molar-refractivity contribution is 7.19. The lowest BCUT2D eigenvalue weighted by atomic mass is 9.97. The second kappa shape index (κ2) is 19.9. The summed E-state index contributed by atoms with van der Waals surface area (Å²) in [7, 11) is 2.06. The summed E-state index contributed by atoms with van der Waals surface area (Å²) in [5.74, 6) is 0. The molecule has 0 radical (unpaired) electrons. The van der Waals surface area contributed by atoms with Gasteiger partial charge in [0.1, 0.15) is 18.4 Å². The fourth-order valence-corrected chi connectivity index (χ4v) is 11.8. The molecule has 10 rings (SSSR count). The predicted molar refractivity (Wildman–Crippen MR) is 266 cm³/mol. The fraction of sp³-hybridized carbons (Fsp3) is 0.245. The molecule has 5 aromatic heterocycles. The van der Waals surface area contributed by atoms with Crippen LogP contribution in [0.1, 0.15) is 77.9 Å². The zero-order valence-corrected chi connectivity index (χ0v) is 39.4. The SMILES string of the molecule is CC1=CNC=NC1c1c(C)sc2ccccc12.CC1=CNC=NC1c1cc(C)sc1C.Cc1cc(C2C=CN=CN2C)c(C)s1.Cc1sc2ccccc2c1-c1ccncn1. The Labute approximate surface area is 375 Å². The number of hydrogen-bond donors (Lipinski definition) is 2. The van der Waals surface area contributed by atoms with Crippen molar-refractivity contribution in [2.24, 2.45) is 15.0 Å². The number of thiophene rings is 4. The van der Waals surface area contributed by atoms with Crippen molar-refractivity contribution >= 4 is 84.5 Å². The Morgan fingerprint density at radius 2 is 1.21 bits per heavy atom. The van der Waals surface area contributed by atoms with Crippen molar-refractivity contribution in [1.29, 1.82) is 0 Å². The van der Waals surface area contributed by atoms with Crippen LogP contribution in [0.3, 0.4) is 0 Å². The molecular weight excluding hydrogens is 829 g/mol. The Morgan fingerprint density at radius 3 is 1.80 bits per heavy atom. The minimum Gasteiger partial charge on any atom is -0.355 e. The minimum absolute atomic E-state index is 0.174. The van der Waals surface area contributed by atoms with Crippen molar-refractivity contribution in [3.8, 4) is 11.3 Å². The zero-order valence-electron chi connectivity index (χ0n) is 36.1. The van der Waals surface area contributed by atoms with Crippen LogP contribution in [0, 0.1) is 41.5 Å². The fourth-order valence-electron chi connectivity index (χ4n) is 7.72. The summed E-state index contributed by atoms with van der Waals surface area (Å²) in [6.45, 7) is 17.2. The lowest BCUT2D eigenvalue weighted by molar-refractivity contribution is 0.445. The summed E-state index contributed by atoms with van der Waals surface area (Å²) in [5, 5.41) is 8.67. The second-order valence-electron chi connectivity index (χ2n) is 15.1. The number of hydrogen-bond acceptors (Lipinski definition) is 12. The Morgan fingerprint density at radius 1 is 0.623 bits per heavy atom. The van der Waals surface area contributed by atoms with Crippen molar-refractivity contribution in [2.75, 3.05) is 7.05 Å². The number of fused-ring (bicyclic) bond motifs is 2. The van der Waals surface area contributed by atoms with E-state index in [9.17, 15) is 0 Å². The van der Waals surface area contributed by atoms with Gasteiger partial charge >= 0.3 is 0 Å². The van der Waals surface area contributed by atoms with Crippen molar-refractivity contribution in [2.45, 2.75) is 73.5 Å². The highest BCUT2D eigenvalue weighted by Gasteiger charge is 2.21. The molecule has 0 saturated heterocycles. The van der Waals surface area contributed by atoms with Crippen LogP contribution in [-0.4, -0.2) is 40.9 Å². The maximum absolute atomic E-state index is 4.57. The van der Waals surface area contributed by atoms with Crippen LogP contribution in [0.15, 0.2) is 130 Å². The molecule has 0 saturated carbocycles. The molecule has 3 atom stereocenters. The lowest BCUT2D eigenvalue weighted by Crippen LogP contribution is -2.23. The first-order chi connectivity index (χ1) is 29.5. The Hall–Kier alpha value is -5.53. The smallest absolute Gasteiger partial charge is 0.116 e. The molecule has 61 heavy (non-hydrogen) atoms. The maximum Gasteiger partial charge on any atom is 0.116 e. The van der Waals surface area contributed by atoms with Gasteiger partial charge in [0.15, 0.2) is 0 Å². The first-order valence-electron chi connectivity index (χ1n) is 20.2. The third kappa shape index (κ3) is 10.2. The minimum atomic E-state index is 0.174. The zero-order chi connectivity index (χ0) is 43.0. The molecular formula is C49H52N8S4. The number of aromatic nitrogens is 2. The first kappa shape index (κ1) is 43.6. The topological polar surface area (TPSA) is 90.2 Å². The van der Waals surface area contributed by atoms with Gasteiger partial charge in [-0.05, 0) is 119 Å². The van der Waals surface area contributed by atoms with Gasteiger partial charge in [-0.15, -0.1) is 45.3 Å². The van der Waals surface area contributed by atoms with Crippen molar-refractivity contribution in [1.82, 2.24) is 25.5 Å². The Kier molecular flexibility index (Phi) is 14.2. The summed E-state index contributed by atoms with van der Waals surface area (Å²) < 4.78 is 2.66. The molecule has 0 bridgehead atoms. The van der Waals surface area contributed by atoms with Gasteiger partial charge in [-0.2, -0.15) is 0 Å². The van der Waals surface area contributed by atoms with Gasteiger partial charge in [0, 0.05) is 87.0 Å². The Balaban J connectivity index is 0.000000123. The van der Waals surface area contributed by atoms with E-state index in [0.717, 1.165) is 5.69 Å². The number of aryl methyl sites for hydroxylation is 6. The van der Waals surface area contributed by atoms with E-state index < -0.39 is 0 Å². The van der Waals surface area contributed by atoms with Gasteiger partial charge < -0.3 is 15.5 Å². The molecule has 3 unspecified atom stereocenters. The molecule has 0 fully saturated rings. The highest BCUT2D eigenvalue weighted by atomic mass is 32.1. The summed E-state index contributed by atoms with van der Waals surface area (Å²) in [5.41, 5.74) is 8.88. The van der Waals surface area contributed by atoms with Crippen LogP contribution in [0.5, 0.6) is 0 Å². The van der Waals surface area contributed by atoms with Crippen LogP contribution in [0.2, 0.25) is 0 Å². The molecule has 7 aromatic rings. The van der Waals surface area contributed by atoms with Gasteiger partial charge in [0.25, 0.3) is 0 Å². The molecule has 0 spiro atoms. The molecule has 0 amide bonds. The first-order valence-corrected chi connectivity index (χ1v) is 23.4. The van der Waals surface area contributed by atoms with E-state index in [4.69, 9.17) is 0 Å². The van der Waals surface area contributed by atoms with Gasteiger partial charge in [0.05, 0.1) is 30.8 Å². The van der Waals surface area contributed by atoms with Crippen molar-refractivity contribution in [3.05, 3.63) is 161 Å². The molecule has 0 aliphatic carbocycles. The molecule has 8 nitrogen and oxygen atoms in total. The van der Waals surface area contributed by atoms with Gasteiger partial charge in [-0.25, -0.2) is 15.0 Å². The lowest BCUT2D eigenvalue weighted by Gasteiger charge is -2.25. The van der Waals surface area contributed by atoms with E-state index >= 15 is 0 Å². The van der Waals surface area contributed by atoms with Gasteiger partial charge in [-0.3, -0.25) is 9.98 Å². The van der Waals surface area contributed by atoms with E-state index in [0.29, 0.717) is 6.04 Å². The van der Waals surface area contributed by atoms with Crippen LogP contribution < -0.4 is 10.6 Å². The number of rotatable bonds is 4. The average molecular weight is 881 g/mol. The molecule has 2 aromatic carbocycles. The predicted octanol–water partition coefficient (Wildman–Crippen LogP) is 13.3. The Bertz CT molecular complexity index is 2800. The van der Waals surface area contributed by atoms with Crippen LogP contribution >= 0.6 is 45.3 Å². The average Bonchev–Trinajstić information content (AvgIpc) is 3.99. The van der Waals surface area contributed by atoms with Crippen LogP contribution in [0.25, 0.3) is 31.4 Å². The number of aliphatic imine (C=N–C) groups is 3. The second-order valence-corrected chi connectivity index (χ2v) is 20.6. The number of benzene rings is 2. The van der Waals surface area contributed by atoms with E-state index in [1.165, 1.54) is 82.8 Å². The molecule has 312 valence electrons. The summed E-state index contributed by atoms with van der Waals surface area (Å²) in [6.07, 6.45) is 16.9. The van der Waals surface area contributed by atoms with Crippen molar-refractivity contribution in [3.63, 3.8) is 0 Å². The molecule has 8 heterocycles. The summed E-state index contributed by atoms with van der Waals surface area (Å²) in [6, 6.07) is 24.2. The van der Waals surface area contributed by atoms with E-state index in [1.54, 1.807) is 25.2 Å². The third-order valence-electron chi connectivity index (χ3n) is 10.6.